The number of carbonyl (C=O) groups is 2. The fraction of sp³-hybridized carbons (Fsp3) is 0.667. The number of piperidine rings is 2. The lowest BCUT2D eigenvalue weighted by molar-refractivity contribution is -0.137. The molecule has 2 fully saturated rings. The van der Waals surface area contributed by atoms with Crippen LogP contribution in [0.4, 0.5) is 0 Å². The van der Waals surface area contributed by atoms with Gasteiger partial charge in [0.05, 0.1) is 6.04 Å². The van der Waals surface area contributed by atoms with Crippen LogP contribution in [0.5, 0.6) is 0 Å². The molecule has 3 heterocycles. The van der Waals surface area contributed by atoms with E-state index in [4.69, 9.17) is 0 Å². The van der Waals surface area contributed by atoms with Crippen LogP contribution in [0.25, 0.3) is 0 Å². The predicted octanol–water partition coefficient (Wildman–Crippen LogP) is 1.79. The highest BCUT2D eigenvalue weighted by Crippen LogP contribution is 2.20. The lowest BCUT2D eigenvalue weighted by Crippen LogP contribution is -2.51. The molecule has 2 saturated heterocycles. The van der Waals surface area contributed by atoms with E-state index in [1.165, 1.54) is 4.88 Å². The first kappa shape index (κ1) is 17.4. The number of rotatable bonds is 5. The van der Waals surface area contributed by atoms with E-state index in [2.05, 4.69) is 22.1 Å². The van der Waals surface area contributed by atoms with Gasteiger partial charge in [-0.25, -0.2) is 0 Å². The van der Waals surface area contributed by atoms with Gasteiger partial charge < -0.3 is 15.5 Å². The number of amides is 2. The highest BCUT2D eigenvalue weighted by Gasteiger charge is 2.31. The fourth-order valence-electron chi connectivity index (χ4n) is 3.55. The lowest BCUT2D eigenvalue weighted by Gasteiger charge is -2.35. The second kappa shape index (κ2) is 8.62. The summed E-state index contributed by atoms with van der Waals surface area (Å²) >= 11 is 1.73. The van der Waals surface area contributed by atoms with Crippen molar-refractivity contribution in [2.75, 3.05) is 26.2 Å². The van der Waals surface area contributed by atoms with E-state index in [0.29, 0.717) is 19.6 Å². The molecule has 1 unspecified atom stereocenters. The average molecular weight is 350 g/mol. The SMILES string of the molecule is O=C(NCCc1cccs1)C1CCN(C(=O)C2CCCCN2)CC1. The molecule has 0 aromatic carbocycles. The Balaban J connectivity index is 1.37. The molecule has 0 aliphatic carbocycles. The minimum atomic E-state index is -0.00470. The average Bonchev–Trinajstić information content (AvgIpc) is 3.15. The van der Waals surface area contributed by atoms with Gasteiger partial charge >= 0.3 is 0 Å². The third kappa shape index (κ3) is 4.57. The number of hydrogen-bond acceptors (Lipinski definition) is 4. The monoisotopic (exact) mass is 349 g/mol. The van der Waals surface area contributed by atoms with Crippen molar-refractivity contribution in [3.63, 3.8) is 0 Å². The molecule has 132 valence electrons. The second-order valence-corrected chi connectivity index (χ2v) is 7.75. The summed E-state index contributed by atoms with van der Waals surface area (Å²) in [5.74, 6) is 0.428. The number of thiophene rings is 1. The fourth-order valence-corrected chi connectivity index (χ4v) is 4.26. The van der Waals surface area contributed by atoms with Crippen LogP contribution in [0.2, 0.25) is 0 Å². The van der Waals surface area contributed by atoms with Crippen molar-refractivity contribution in [1.29, 1.82) is 0 Å². The molecule has 0 saturated carbocycles. The van der Waals surface area contributed by atoms with E-state index >= 15 is 0 Å². The maximum Gasteiger partial charge on any atom is 0.239 e. The van der Waals surface area contributed by atoms with Crippen molar-refractivity contribution in [2.45, 2.75) is 44.6 Å². The third-order valence-electron chi connectivity index (χ3n) is 5.04. The molecule has 1 aromatic rings. The van der Waals surface area contributed by atoms with E-state index in [1.807, 2.05) is 11.0 Å². The quantitative estimate of drug-likeness (QED) is 0.852. The Morgan fingerprint density at radius 2 is 2.08 bits per heavy atom. The minimum absolute atomic E-state index is 0.00470. The van der Waals surface area contributed by atoms with Crippen molar-refractivity contribution in [3.8, 4) is 0 Å². The molecular weight excluding hydrogens is 322 g/mol. The van der Waals surface area contributed by atoms with E-state index < -0.39 is 0 Å². The van der Waals surface area contributed by atoms with Crippen LogP contribution in [0, 0.1) is 5.92 Å². The highest BCUT2D eigenvalue weighted by atomic mass is 32.1. The summed E-state index contributed by atoms with van der Waals surface area (Å²) in [6.45, 7) is 3.06. The second-order valence-electron chi connectivity index (χ2n) is 6.72. The van der Waals surface area contributed by atoms with Crippen molar-refractivity contribution >= 4 is 23.2 Å². The van der Waals surface area contributed by atoms with Crippen LogP contribution >= 0.6 is 11.3 Å². The largest absolute Gasteiger partial charge is 0.355 e. The molecule has 24 heavy (non-hydrogen) atoms. The number of hydrogen-bond donors (Lipinski definition) is 2. The molecule has 2 aliphatic heterocycles. The minimum Gasteiger partial charge on any atom is -0.355 e. The molecule has 0 spiro atoms. The van der Waals surface area contributed by atoms with Crippen molar-refractivity contribution in [1.82, 2.24) is 15.5 Å². The Morgan fingerprint density at radius 3 is 2.75 bits per heavy atom. The Kier molecular flexibility index (Phi) is 6.26. The van der Waals surface area contributed by atoms with Gasteiger partial charge in [0.25, 0.3) is 0 Å². The maximum atomic E-state index is 12.5. The van der Waals surface area contributed by atoms with E-state index in [-0.39, 0.29) is 23.8 Å². The standard InChI is InChI=1S/C18H27N3O2S/c22-17(20-10-6-15-4-3-13-24-15)14-7-11-21(12-8-14)18(23)16-5-1-2-9-19-16/h3-4,13-14,16,19H,1-2,5-12H2,(H,20,22). The molecule has 0 bridgehead atoms. The van der Waals surface area contributed by atoms with Gasteiger partial charge in [0.1, 0.15) is 0 Å². The molecule has 2 N–H and O–H groups in total. The van der Waals surface area contributed by atoms with Gasteiger partial charge in [-0.2, -0.15) is 0 Å². The number of likely N-dealkylation sites (tertiary alicyclic amines) is 1. The summed E-state index contributed by atoms with van der Waals surface area (Å²) in [6.07, 6.45) is 5.70. The van der Waals surface area contributed by atoms with Crippen LogP contribution in [0.1, 0.15) is 37.0 Å². The Labute approximate surface area is 147 Å². The zero-order valence-corrected chi connectivity index (χ0v) is 14.9. The smallest absolute Gasteiger partial charge is 0.239 e. The Hall–Kier alpha value is -1.40. The van der Waals surface area contributed by atoms with Gasteiger partial charge in [-0.3, -0.25) is 9.59 Å². The molecule has 2 aliphatic rings. The molecule has 5 nitrogen and oxygen atoms in total. The van der Waals surface area contributed by atoms with Crippen LogP contribution < -0.4 is 10.6 Å². The van der Waals surface area contributed by atoms with E-state index in [1.54, 1.807) is 11.3 Å². The summed E-state index contributed by atoms with van der Waals surface area (Å²) in [7, 11) is 0. The Bertz CT molecular complexity index is 532. The van der Waals surface area contributed by atoms with Crippen molar-refractivity contribution in [3.05, 3.63) is 22.4 Å². The number of carbonyl (C=O) groups excluding carboxylic acids is 2. The summed E-state index contributed by atoms with van der Waals surface area (Å²) in [6, 6.07) is 4.13. The Morgan fingerprint density at radius 1 is 1.25 bits per heavy atom. The molecular formula is C18H27N3O2S. The third-order valence-corrected chi connectivity index (χ3v) is 5.97. The van der Waals surface area contributed by atoms with E-state index in [9.17, 15) is 9.59 Å². The number of nitrogens with zero attached hydrogens (tertiary/aromatic N) is 1. The summed E-state index contributed by atoms with van der Waals surface area (Å²) in [4.78, 5) is 28.0. The molecule has 1 aromatic heterocycles. The van der Waals surface area contributed by atoms with Crippen molar-refractivity contribution in [2.24, 2.45) is 5.92 Å². The predicted molar refractivity (Wildman–Crippen MR) is 96.0 cm³/mol. The molecule has 1 atom stereocenters. The van der Waals surface area contributed by atoms with Crippen LogP contribution in [0.15, 0.2) is 17.5 Å². The van der Waals surface area contributed by atoms with Gasteiger partial charge in [0.2, 0.25) is 11.8 Å². The lowest BCUT2D eigenvalue weighted by atomic mass is 9.94. The highest BCUT2D eigenvalue weighted by molar-refractivity contribution is 7.09. The molecule has 3 rings (SSSR count). The first-order valence-electron chi connectivity index (χ1n) is 9.06. The van der Waals surface area contributed by atoms with Crippen LogP contribution in [-0.2, 0) is 16.0 Å². The van der Waals surface area contributed by atoms with Gasteiger partial charge in [-0.15, -0.1) is 11.3 Å². The normalized spacial score (nSPS) is 22.3. The molecule has 0 radical (unpaired) electrons. The summed E-state index contributed by atoms with van der Waals surface area (Å²) < 4.78 is 0. The summed E-state index contributed by atoms with van der Waals surface area (Å²) in [5, 5.41) is 8.43. The van der Waals surface area contributed by atoms with Crippen LogP contribution in [0.3, 0.4) is 0 Å². The zero-order valence-electron chi connectivity index (χ0n) is 14.1. The first-order chi connectivity index (χ1) is 11.7. The number of nitrogens with one attached hydrogen (secondary N) is 2. The van der Waals surface area contributed by atoms with Gasteiger partial charge in [0.15, 0.2) is 0 Å². The van der Waals surface area contributed by atoms with Crippen LogP contribution in [-0.4, -0.2) is 48.9 Å². The van der Waals surface area contributed by atoms with Gasteiger partial charge in [-0.1, -0.05) is 12.5 Å². The molecule has 2 amide bonds. The van der Waals surface area contributed by atoms with Gasteiger partial charge in [-0.05, 0) is 50.1 Å². The maximum absolute atomic E-state index is 12.5. The van der Waals surface area contributed by atoms with E-state index in [0.717, 1.165) is 45.1 Å². The summed E-state index contributed by atoms with van der Waals surface area (Å²) in [5.41, 5.74) is 0. The first-order valence-corrected chi connectivity index (χ1v) is 9.94. The zero-order chi connectivity index (χ0) is 16.8. The van der Waals surface area contributed by atoms with Crippen molar-refractivity contribution < 1.29 is 9.59 Å². The topological polar surface area (TPSA) is 61.4 Å². The van der Waals surface area contributed by atoms with Gasteiger partial charge in [0, 0.05) is 30.4 Å². The molecule has 6 heteroatoms.